The third kappa shape index (κ3) is 5.26. The Bertz CT molecular complexity index is 1000. The first-order chi connectivity index (χ1) is 17.6. The van der Waals surface area contributed by atoms with E-state index < -0.39 is 41.6 Å². The van der Waals surface area contributed by atoms with Gasteiger partial charge in [0.15, 0.2) is 5.79 Å². The van der Waals surface area contributed by atoms with Gasteiger partial charge in [-0.25, -0.2) is 0 Å². The lowest BCUT2D eigenvalue weighted by atomic mass is 9.71. The number of allylic oxidation sites excluding steroid dienone is 4. The van der Waals surface area contributed by atoms with Gasteiger partial charge in [0.1, 0.15) is 29.8 Å². The number of aliphatic hydroxyl groups is 2. The lowest BCUT2D eigenvalue weighted by Gasteiger charge is -2.47. The van der Waals surface area contributed by atoms with Crippen LogP contribution in [0, 0.1) is 17.8 Å². The Balaban J connectivity index is 1.51. The first-order valence-electron chi connectivity index (χ1n) is 13.9. The molecule has 9 atom stereocenters. The predicted octanol–water partition coefficient (Wildman–Crippen LogP) is 4.15. The molecule has 0 aromatic rings. The summed E-state index contributed by atoms with van der Waals surface area (Å²) >= 11 is 0. The van der Waals surface area contributed by atoms with E-state index in [9.17, 15) is 15.0 Å². The van der Waals surface area contributed by atoms with E-state index in [1.807, 2.05) is 12.2 Å². The second kappa shape index (κ2) is 10.4. The molecule has 5 aliphatic rings. The van der Waals surface area contributed by atoms with Crippen LogP contribution >= 0.6 is 0 Å². The SMILES string of the molecule is CC1=CC2C(=O)OC3CC(C/C=C(\C)C[C@@H](C)/C=C/C=C4\COC([C@@H]1O)[C@@]42O)O[C@@]1(CC[C@@H](C)CO1)C3. The maximum Gasteiger partial charge on any atom is 0.316 e. The van der Waals surface area contributed by atoms with Gasteiger partial charge in [-0.05, 0) is 56.1 Å². The van der Waals surface area contributed by atoms with Crippen LogP contribution in [0.2, 0.25) is 0 Å². The fourth-order valence-corrected chi connectivity index (χ4v) is 6.59. The van der Waals surface area contributed by atoms with Gasteiger partial charge < -0.3 is 29.2 Å². The Morgan fingerprint density at radius 3 is 2.73 bits per heavy atom. The highest BCUT2D eigenvalue weighted by atomic mass is 16.7. The number of carbonyl (C=O) groups excluding carboxylic acids is 1. The van der Waals surface area contributed by atoms with Gasteiger partial charge in [-0.3, -0.25) is 4.79 Å². The van der Waals surface area contributed by atoms with Crippen molar-refractivity contribution < 1.29 is 34.0 Å². The summed E-state index contributed by atoms with van der Waals surface area (Å²) in [5.74, 6) is -1.46. The number of rotatable bonds is 0. The first-order valence-corrected chi connectivity index (χ1v) is 13.9. The van der Waals surface area contributed by atoms with Crippen LogP contribution in [0.25, 0.3) is 0 Å². The van der Waals surface area contributed by atoms with Crippen molar-refractivity contribution >= 4 is 5.97 Å². The number of hydrogen-bond donors (Lipinski definition) is 2. The summed E-state index contributed by atoms with van der Waals surface area (Å²) in [6.45, 7) is 9.01. The van der Waals surface area contributed by atoms with E-state index in [4.69, 9.17) is 18.9 Å². The smallest absolute Gasteiger partial charge is 0.316 e. The molecule has 3 fully saturated rings. The van der Waals surface area contributed by atoms with Crippen LogP contribution in [-0.2, 0) is 23.7 Å². The average Bonchev–Trinajstić information content (AvgIpc) is 3.18. The summed E-state index contributed by atoms with van der Waals surface area (Å²) in [6, 6.07) is 0. The van der Waals surface area contributed by atoms with Gasteiger partial charge in [0.25, 0.3) is 0 Å². The maximum absolute atomic E-state index is 13.7. The van der Waals surface area contributed by atoms with Crippen LogP contribution in [0.15, 0.2) is 47.1 Å². The quantitative estimate of drug-likeness (QED) is 0.371. The van der Waals surface area contributed by atoms with E-state index >= 15 is 0 Å². The molecule has 0 saturated carbocycles. The summed E-state index contributed by atoms with van der Waals surface area (Å²) < 4.78 is 24.9. The van der Waals surface area contributed by atoms with Crippen molar-refractivity contribution in [1.29, 1.82) is 0 Å². The highest BCUT2D eigenvalue weighted by Crippen LogP contribution is 2.46. The molecule has 7 nitrogen and oxygen atoms in total. The molecule has 1 spiro atoms. The van der Waals surface area contributed by atoms with E-state index in [2.05, 4.69) is 32.9 Å². The molecule has 204 valence electrons. The minimum Gasteiger partial charge on any atom is -0.462 e. The van der Waals surface area contributed by atoms with Gasteiger partial charge in [0, 0.05) is 19.3 Å². The van der Waals surface area contributed by atoms with Crippen molar-refractivity contribution in [3.05, 3.63) is 47.1 Å². The standard InChI is InChI=1S/C30H42O7/c1-18-6-5-7-22-17-34-27-26(31)21(4)13-25(30(22,27)33)28(32)36-24-14-23(9-8-19(2)12-18)37-29(15-24)11-10-20(3)16-35-29/h5-8,13,18,20,23-27,31,33H,9-12,14-17H2,1-4H3/b6-5+,19-8+,22-7+/t18-,20+,23?,24?,25?,26+,27?,29-,30+/m0/s1. The summed E-state index contributed by atoms with van der Waals surface area (Å²) in [5, 5.41) is 22.8. The van der Waals surface area contributed by atoms with Crippen molar-refractivity contribution in [2.75, 3.05) is 13.2 Å². The zero-order valence-corrected chi connectivity index (χ0v) is 22.5. The molecule has 5 rings (SSSR count). The van der Waals surface area contributed by atoms with Crippen molar-refractivity contribution in [3.8, 4) is 0 Å². The first kappa shape index (κ1) is 26.8. The Labute approximate surface area is 220 Å². The molecule has 37 heavy (non-hydrogen) atoms. The summed E-state index contributed by atoms with van der Waals surface area (Å²) in [6.07, 6.45) is 11.8. The van der Waals surface area contributed by atoms with Crippen molar-refractivity contribution in [1.82, 2.24) is 0 Å². The molecular weight excluding hydrogens is 472 g/mol. The van der Waals surface area contributed by atoms with Crippen LogP contribution in [0.3, 0.4) is 0 Å². The second-order valence-corrected chi connectivity index (χ2v) is 12.0. The van der Waals surface area contributed by atoms with Gasteiger partial charge in [-0.2, -0.15) is 0 Å². The topological polar surface area (TPSA) is 94.5 Å². The molecule has 4 heterocycles. The fraction of sp³-hybridized carbons (Fsp3) is 0.700. The molecule has 2 N–H and O–H groups in total. The van der Waals surface area contributed by atoms with Crippen molar-refractivity contribution in [2.45, 2.75) is 102 Å². The summed E-state index contributed by atoms with van der Waals surface area (Å²) in [5.41, 5.74) is 0.792. The predicted molar refractivity (Wildman–Crippen MR) is 138 cm³/mol. The number of fused-ring (bicyclic) bond motifs is 2. The molecule has 1 aliphatic carbocycles. The molecule has 3 saturated heterocycles. The third-order valence-corrected chi connectivity index (χ3v) is 8.77. The zero-order chi connectivity index (χ0) is 26.4. The fourth-order valence-electron chi connectivity index (χ4n) is 6.59. The molecule has 0 amide bonds. The molecule has 0 radical (unpaired) electrons. The summed E-state index contributed by atoms with van der Waals surface area (Å²) in [7, 11) is 0. The minimum atomic E-state index is -1.67. The molecule has 4 unspecified atom stereocenters. The van der Waals surface area contributed by atoms with E-state index in [1.165, 1.54) is 5.57 Å². The Morgan fingerprint density at radius 1 is 1.16 bits per heavy atom. The Hall–Kier alpha value is -1.77. The van der Waals surface area contributed by atoms with E-state index in [-0.39, 0.29) is 12.7 Å². The van der Waals surface area contributed by atoms with Crippen molar-refractivity contribution in [3.63, 3.8) is 0 Å². The van der Waals surface area contributed by atoms with Crippen LogP contribution < -0.4 is 0 Å². The number of aliphatic hydroxyl groups excluding tert-OH is 1. The third-order valence-electron chi connectivity index (χ3n) is 8.77. The molecule has 0 aromatic heterocycles. The van der Waals surface area contributed by atoms with Crippen molar-refractivity contribution in [2.24, 2.45) is 17.8 Å². The maximum atomic E-state index is 13.7. The van der Waals surface area contributed by atoms with Crippen LogP contribution in [0.5, 0.6) is 0 Å². The van der Waals surface area contributed by atoms with Crippen LogP contribution in [0.4, 0.5) is 0 Å². The number of carbonyl (C=O) groups is 1. The lowest BCUT2D eigenvalue weighted by molar-refractivity contribution is -0.315. The van der Waals surface area contributed by atoms with Crippen LogP contribution in [0.1, 0.15) is 66.2 Å². The Morgan fingerprint density at radius 2 is 1.97 bits per heavy atom. The molecule has 4 aliphatic heterocycles. The number of ether oxygens (including phenoxy) is 4. The van der Waals surface area contributed by atoms with E-state index in [1.54, 1.807) is 13.0 Å². The molecule has 2 bridgehead atoms. The van der Waals surface area contributed by atoms with Gasteiger partial charge >= 0.3 is 5.97 Å². The van der Waals surface area contributed by atoms with Gasteiger partial charge in [0.2, 0.25) is 0 Å². The molecular formula is C30H42O7. The van der Waals surface area contributed by atoms with Gasteiger partial charge in [-0.15, -0.1) is 0 Å². The van der Waals surface area contributed by atoms with E-state index in [0.29, 0.717) is 42.4 Å². The lowest BCUT2D eigenvalue weighted by Crippen LogP contribution is -2.58. The highest BCUT2D eigenvalue weighted by Gasteiger charge is 2.60. The molecule has 0 aromatic carbocycles. The minimum absolute atomic E-state index is 0.125. The van der Waals surface area contributed by atoms with Gasteiger partial charge in [0.05, 0.1) is 19.3 Å². The second-order valence-electron chi connectivity index (χ2n) is 12.0. The molecule has 7 heteroatoms. The monoisotopic (exact) mass is 514 g/mol. The number of hydrogen-bond acceptors (Lipinski definition) is 7. The Kier molecular flexibility index (Phi) is 7.55. The largest absolute Gasteiger partial charge is 0.462 e. The zero-order valence-electron chi connectivity index (χ0n) is 22.5. The van der Waals surface area contributed by atoms with E-state index in [0.717, 1.165) is 25.7 Å². The normalized spacial score (nSPS) is 48.6. The highest BCUT2D eigenvalue weighted by molar-refractivity contribution is 5.78. The number of esters is 1. The van der Waals surface area contributed by atoms with Crippen LogP contribution in [-0.4, -0.2) is 65.2 Å². The average molecular weight is 515 g/mol. The summed E-state index contributed by atoms with van der Waals surface area (Å²) in [4.78, 5) is 13.7. The van der Waals surface area contributed by atoms with Gasteiger partial charge in [-0.1, -0.05) is 49.8 Å².